The number of aryl methyl sites for hydroxylation is 1. The molecule has 20 heavy (non-hydrogen) atoms. The number of nitro benzene ring substituents is 1. The highest BCUT2D eigenvalue weighted by atomic mass is 16.6. The van der Waals surface area contributed by atoms with E-state index in [2.05, 4.69) is 17.6 Å². The Labute approximate surface area is 117 Å². The van der Waals surface area contributed by atoms with E-state index < -0.39 is 4.92 Å². The Morgan fingerprint density at radius 2 is 2.25 bits per heavy atom. The third-order valence-corrected chi connectivity index (χ3v) is 3.81. The smallest absolute Gasteiger partial charge is 0.285 e. The van der Waals surface area contributed by atoms with Crippen LogP contribution in [0.25, 0.3) is 0 Å². The molecule has 0 bridgehead atoms. The lowest BCUT2D eigenvalue weighted by Crippen LogP contribution is -2.50. The van der Waals surface area contributed by atoms with E-state index in [1.165, 1.54) is 6.07 Å². The molecule has 6 nitrogen and oxygen atoms in total. The maximum Gasteiger partial charge on any atom is 0.285 e. The number of carbonyl (C=O) groups is 1. The Morgan fingerprint density at radius 1 is 1.50 bits per heavy atom. The first-order chi connectivity index (χ1) is 9.50. The van der Waals surface area contributed by atoms with Crippen molar-refractivity contribution in [3.05, 3.63) is 39.4 Å². The predicted octanol–water partition coefficient (Wildman–Crippen LogP) is 1.63. The second-order valence-electron chi connectivity index (χ2n) is 5.28. The van der Waals surface area contributed by atoms with E-state index in [9.17, 15) is 14.9 Å². The highest BCUT2D eigenvalue weighted by molar-refractivity contribution is 5.98. The van der Waals surface area contributed by atoms with Gasteiger partial charge < -0.3 is 10.6 Å². The average molecular weight is 277 g/mol. The fraction of sp³-hybridized carbons (Fsp3) is 0.500. The molecule has 2 atom stereocenters. The highest BCUT2D eigenvalue weighted by Gasteiger charge is 2.27. The van der Waals surface area contributed by atoms with Gasteiger partial charge in [-0.3, -0.25) is 14.9 Å². The van der Waals surface area contributed by atoms with Crippen LogP contribution >= 0.6 is 0 Å². The first-order valence-corrected chi connectivity index (χ1v) is 6.76. The molecule has 1 aromatic carbocycles. The van der Waals surface area contributed by atoms with Gasteiger partial charge >= 0.3 is 0 Å². The van der Waals surface area contributed by atoms with Gasteiger partial charge in [0.05, 0.1) is 4.92 Å². The topological polar surface area (TPSA) is 84.3 Å². The summed E-state index contributed by atoms with van der Waals surface area (Å²) in [4.78, 5) is 22.9. The van der Waals surface area contributed by atoms with Gasteiger partial charge in [-0.25, -0.2) is 0 Å². The lowest BCUT2D eigenvalue weighted by Gasteiger charge is -2.30. The molecule has 1 aliphatic heterocycles. The summed E-state index contributed by atoms with van der Waals surface area (Å²) in [5.41, 5.74) is 0.520. The molecule has 2 N–H and O–H groups in total. The second-order valence-corrected chi connectivity index (χ2v) is 5.28. The number of nitro groups is 1. The van der Waals surface area contributed by atoms with E-state index in [1.54, 1.807) is 19.1 Å². The highest BCUT2D eigenvalue weighted by Crippen LogP contribution is 2.23. The van der Waals surface area contributed by atoms with E-state index >= 15 is 0 Å². The molecule has 108 valence electrons. The Kier molecular flexibility index (Phi) is 4.34. The molecular weight excluding hydrogens is 258 g/mol. The van der Waals surface area contributed by atoms with Crippen molar-refractivity contribution in [2.24, 2.45) is 5.92 Å². The van der Waals surface area contributed by atoms with Gasteiger partial charge in [-0.2, -0.15) is 0 Å². The van der Waals surface area contributed by atoms with E-state index in [1.807, 2.05) is 0 Å². The predicted molar refractivity (Wildman–Crippen MR) is 75.7 cm³/mol. The zero-order valence-corrected chi connectivity index (χ0v) is 11.7. The van der Waals surface area contributed by atoms with Crippen molar-refractivity contribution in [3.8, 4) is 0 Å². The van der Waals surface area contributed by atoms with Crippen molar-refractivity contribution in [2.75, 3.05) is 13.1 Å². The molecule has 6 heteroatoms. The number of rotatable bonds is 3. The number of amides is 1. The fourth-order valence-electron chi connectivity index (χ4n) is 2.51. The lowest BCUT2D eigenvalue weighted by molar-refractivity contribution is -0.385. The molecule has 1 amide bonds. The van der Waals surface area contributed by atoms with Gasteiger partial charge in [-0.15, -0.1) is 0 Å². The zero-order valence-electron chi connectivity index (χ0n) is 11.7. The molecule has 2 unspecified atom stereocenters. The van der Waals surface area contributed by atoms with Crippen molar-refractivity contribution >= 4 is 11.6 Å². The fourth-order valence-corrected chi connectivity index (χ4v) is 2.51. The van der Waals surface area contributed by atoms with Crippen LogP contribution in [0.4, 0.5) is 5.69 Å². The number of piperidine rings is 1. The second kappa shape index (κ2) is 6.00. The van der Waals surface area contributed by atoms with Crippen LogP contribution in [0, 0.1) is 23.0 Å². The van der Waals surface area contributed by atoms with Crippen LogP contribution in [-0.2, 0) is 0 Å². The molecule has 1 heterocycles. The van der Waals surface area contributed by atoms with Gasteiger partial charge in [0, 0.05) is 18.2 Å². The summed E-state index contributed by atoms with van der Waals surface area (Å²) in [5.74, 6) is -0.00925. The van der Waals surface area contributed by atoms with Crippen LogP contribution in [0.2, 0.25) is 0 Å². The van der Waals surface area contributed by atoms with Crippen LogP contribution in [0.3, 0.4) is 0 Å². The summed E-state index contributed by atoms with van der Waals surface area (Å²) in [5, 5.41) is 17.2. The number of hydrogen-bond donors (Lipinski definition) is 2. The van der Waals surface area contributed by atoms with Gasteiger partial charge in [0.2, 0.25) is 0 Å². The summed E-state index contributed by atoms with van der Waals surface area (Å²) in [6.45, 7) is 5.36. The minimum atomic E-state index is -0.493. The van der Waals surface area contributed by atoms with Crippen LogP contribution < -0.4 is 10.6 Å². The van der Waals surface area contributed by atoms with E-state index in [0.717, 1.165) is 13.0 Å². The summed E-state index contributed by atoms with van der Waals surface area (Å²) >= 11 is 0. The molecule has 1 aromatic rings. The molecule has 2 rings (SSSR count). The van der Waals surface area contributed by atoms with Gasteiger partial charge in [0.1, 0.15) is 5.56 Å². The van der Waals surface area contributed by atoms with Crippen molar-refractivity contribution in [1.29, 1.82) is 0 Å². The quantitative estimate of drug-likeness (QED) is 0.649. The third kappa shape index (κ3) is 2.96. The Morgan fingerprint density at radius 3 is 2.90 bits per heavy atom. The zero-order chi connectivity index (χ0) is 14.7. The first-order valence-electron chi connectivity index (χ1n) is 6.76. The molecule has 0 aliphatic carbocycles. The number of hydrogen-bond acceptors (Lipinski definition) is 4. The van der Waals surface area contributed by atoms with Crippen molar-refractivity contribution in [2.45, 2.75) is 26.3 Å². The largest absolute Gasteiger partial charge is 0.348 e. The molecule has 0 saturated carbocycles. The lowest BCUT2D eigenvalue weighted by atomic mass is 9.94. The number of carbonyl (C=O) groups excluding carboxylic acids is 1. The number of nitrogens with zero attached hydrogens (tertiary/aromatic N) is 1. The molecule has 1 saturated heterocycles. The molecule has 1 fully saturated rings. The van der Waals surface area contributed by atoms with Crippen LogP contribution in [0.5, 0.6) is 0 Å². The molecular formula is C14H19N3O3. The maximum atomic E-state index is 12.3. The normalized spacial score (nSPS) is 22.3. The maximum absolute atomic E-state index is 12.3. The minimum absolute atomic E-state index is 0.0105. The SMILES string of the molecule is Cc1cccc(C(=O)NC2CNCCC2C)c1[N+](=O)[O-]. The standard InChI is InChI=1S/C14H19N3O3/c1-9-6-7-15-8-12(9)16-14(18)11-5-3-4-10(2)13(11)17(19)20/h3-5,9,12,15H,6-8H2,1-2H3,(H,16,18). The van der Waals surface area contributed by atoms with Crippen molar-refractivity contribution < 1.29 is 9.72 Å². The number of benzene rings is 1. The van der Waals surface area contributed by atoms with Gasteiger partial charge in [0.15, 0.2) is 0 Å². The van der Waals surface area contributed by atoms with Crippen molar-refractivity contribution in [1.82, 2.24) is 10.6 Å². The van der Waals surface area contributed by atoms with Crippen LogP contribution in [-0.4, -0.2) is 30.0 Å². The minimum Gasteiger partial charge on any atom is -0.348 e. The van der Waals surface area contributed by atoms with E-state index in [-0.39, 0.29) is 23.2 Å². The number of para-hydroxylation sites is 1. The summed E-state index contributed by atoms with van der Waals surface area (Å²) in [6.07, 6.45) is 0.987. The average Bonchev–Trinajstić information content (AvgIpc) is 2.40. The summed E-state index contributed by atoms with van der Waals surface area (Å²) in [7, 11) is 0. The van der Waals surface area contributed by atoms with E-state index in [0.29, 0.717) is 18.0 Å². The monoisotopic (exact) mass is 277 g/mol. The molecule has 0 aromatic heterocycles. The van der Waals surface area contributed by atoms with Gasteiger partial charge in [-0.1, -0.05) is 19.1 Å². The van der Waals surface area contributed by atoms with Crippen LogP contribution in [0.1, 0.15) is 29.3 Å². The number of nitrogens with one attached hydrogen (secondary N) is 2. The first kappa shape index (κ1) is 14.5. The molecule has 0 radical (unpaired) electrons. The Hall–Kier alpha value is -1.95. The van der Waals surface area contributed by atoms with Crippen molar-refractivity contribution in [3.63, 3.8) is 0 Å². The third-order valence-electron chi connectivity index (χ3n) is 3.81. The Balaban J connectivity index is 2.21. The van der Waals surface area contributed by atoms with E-state index in [4.69, 9.17) is 0 Å². The van der Waals surface area contributed by atoms with Gasteiger partial charge in [0.25, 0.3) is 11.6 Å². The molecule has 1 aliphatic rings. The van der Waals surface area contributed by atoms with Gasteiger partial charge in [-0.05, 0) is 31.9 Å². The Bertz CT molecular complexity index is 530. The molecule has 0 spiro atoms. The summed E-state index contributed by atoms with van der Waals surface area (Å²) in [6, 6.07) is 4.82. The summed E-state index contributed by atoms with van der Waals surface area (Å²) < 4.78 is 0. The van der Waals surface area contributed by atoms with Crippen LogP contribution in [0.15, 0.2) is 18.2 Å².